The number of aromatic nitrogens is 4. The molecule has 1 aliphatic rings. The third kappa shape index (κ3) is 4.65. The Balaban J connectivity index is 1.47. The van der Waals surface area contributed by atoms with Gasteiger partial charge in [0.05, 0.1) is 18.2 Å². The molecule has 0 unspecified atom stereocenters. The molecule has 184 valence electrons. The molecule has 0 spiro atoms. The number of pyridine rings is 1. The van der Waals surface area contributed by atoms with Gasteiger partial charge in [-0.1, -0.05) is 6.07 Å². The normalized spacial score (nSPS) is 16.0. The molecule has 4 aromatic rings. The molecule has 2 N–H and O–H groups in total. The Hall–Kier alpha value is -3.33. The topological polar surface area (TPSA) is 86.5 Å². The number of aromatic amines is 1. The van der Waals surface area contributed by atoms with E-state index in [9.17, 15) is 18.7 Å². The molecule has 4 heterocycles. The number of hydrogen-bond donors (Lipinski definition) is 2. The maximum absolute atomic E-state index is 13.7. The summed E-state index contributed by atoms with van der Waals surface area (Å²) in [6.07, 6.45) is 1.58. The summed E-state index contributed by atoms with van der Waals surface area (Å²) in [6, 6.07) is 8.00. The van der Waals surface area contributed by atoms with Crippen LogP contribution in [0.5, 0.6) is 0 Å². The largest absolute Gasteiger partial charge is 0.393 e. The molecule has 0 bridgehead atoms. The summed E-state index contributed by atoms with van der Waals surface area (Å²) in [5.74, 6) is 0.226. The Labute approximate surface area is 201 Å². The van der Waals surface area contributed by atoms with Gasteiger partial charge in [0.25, 0.3) is 0 Å². The summed E-state index contributed by atoms with van der Waals surface area (Å²) in [4.78, 5) is 21.7. The predicted octanol–water partition coefficient (Wildman–Crippen LogP) is 4.47. The molecule has 1 fully saturated rings. The number of aliphatic hydroxyl groups is 1. The molecule has 3 aromatic heterocycles. The second-order valence-corrected chi connectivity index (χ2v) is 9.53. The second-order valence-electron chi connectivity index (χ2n) is 9.53. The van der Waals surface area contributed by atoms with Crippen molar-refractivity contribution in [3.63, 3.8) is 0 Å². The average Bonchev–Trinajstić information content (AvgIpc) is 3.43. The van der Waals surface area contributed by atoms with Crippen molar-refractivity contribution in [2.24, 2.45) is 0 Å². The number of benzene rings is 1. The van der Waals surface area contributed by atoms with Gasteiger partial charge in [-0.15, -0.1) is 0 Å². The number of carbonyl (C=O) groups is 1. The lowest BCUT2D eigenvalue weighted by Gasteiger charge is -2.32. The Kier molecular flexibility index (Phi) is 6.27. The first-order valence-corrected chi connectivity index (χ1v) is 12.0. The van der Waals surface area contributed by atoms with E-state index in [4.69, 9.17) is 0 Å². The van der Waals surface area contributed by atoms with Crippen molar-refractivity contribution in [3.8, 4) is 11.3 Å². The second kappa shape index (κ2) is 9.37. The number of nitrogens with one attached hydrogen (secondary N) is 1. The molecule has 0 aliphatic carbocycles. The van der Waals surface area contributed by atoms with Crippen LogP contribution in [0.25, 0.3) is 27.8 Å². The van der Waals surface area contributed by atoms with Gasteiger partial charge >= 0.3 is 0 Å². The molecule has 9 heteroatoms. The molecular formula is C26H29F2N5O2. The molecular weight excluding hydrogens is 452 g/mol. The monoisotopic (exact) mass is 481 g/mol. The summed E-state index contributed by atoms with van der Waals surface area (Å²) >= 11 is 0. The SMILES string of the molecule is Cc1cc(-c2[nH]c3ccc(C4CCN(C(=O)C[C@@H](C)O)CC4)cc3c2CC(F)F)cn2ncnc12. The fraction of sp³-hybridized carbons (Fsp3) is 0.423. The number of fused-ring (bicyclic) bond motifs is 2. The van der Waals surface area contributed by atoms with E-state index in [0.717, 1.165) is 46.1 Å². The zero-order chi connectivity index (χ0) is 24.7. The molecule has 1 amide bonds. The van der Waals surface area contributed by atoms with Crippen LogP contribution < -0.4 is 0 Å². The summed E-state index contributed by atoms with van der Waals surface area (Å²) in [7, 11) is 0. The number of aliphatic hydroxyl groups excluding tert-OH is 1. The standard InChI is InChI=1S/C26H29F2N5O2/c1-15-9-19(13-33-26(15)29-14-30-33)25-21(12-23(27)28)20-11-18(3-4-22(20)31-25)17-5-7-32(8-6-17)24(35)10-16(2)34/h3-4,9,11,13-14,16-17,23,31,34H,5-8,10,12H2,1-2H3/t16-/m1/s1. The minimum absolute atomic E-state index is 0.0250. The highest BCUT2D eigenvalue weighted by molar-refractivity contribution is 5.91. The van der Waals surface area contributed by atoms with Gasteiger partial charge in [-0.3, -0.25) is 4.79 Å². The van der Waals surface area contributed by atoms with E-state index >= 15 is 0 Å². The fourth-order valence-electron chi connectivity index (χ4n) is 5.21. The van der Waals surface area contributed by atoms with Gasteiger partial charge in [-0.2, -0.15) is 5.10 Å². The molecule has 0 radical (unpaired) electrons. The van der Waals surface area contributed by atoms with E-state index in [0.29, 0.717) is 24.3 Å². The van der Waals surface area contributed by atoms with Gasteiger partial charge in [-0.25, -0.2) is 18.3 Å². The number of amides is 1. The first-order valence-electron chi connectivity index (χ1n) is 12.0. The van der Waals surface area contributed by atoms with Crippen LogP contribution in [0, 0.1) is 6.92 Å². The summed E-state index contributed by atoms with van der Waals surface area (Å²) in [5.41, 5.74) is 5.64. The van der Waals surface area contributed by atoms with Crippen molar-refractivity contribution in [3.05, 3.63) is 53.5 Å². The quantitative estimate of drug-likeness (QED) is 0.426. The Morgan fingerprint density at radius 2 is 2.03 bits per heavy atom. The average molecular weight is 482 g/mol. The van der Waals surface area contributed by atoms with Crippen LogP contribution >= 0.6 is 0 Å². The van der Waals surface area contributed by atoms with Crippen LogP contribution in [-0.4, -0.2) is 61.1 Å². The van der Waals surface area contributed by atoms with Gasteiger partial charge in [0, 0.05) is 42.2 Å². The van der Waals surface area contributed by atoms with Crippen LogP contribution in [0.1, 0.15) is 48.8 Å². The fourth-order valence-corrected chi connectivity index (χ4v) is 5.21. The first kappa shape index (κ1) is 23.4. The molecule has 1 aromatic carbocycles. The van der Waals surface area contributed by atoms with Gasteiger partial charge in [-0.05, 0) is 67.5 Å². The first-order chi connectivity index (χ1) is 16.8. The summed E-state index contributed by atoms with van der Waals surface area (Å²) in [5, 5.41) is 14.5. The molecule has 1 aliphatic heterocycles. The van der Waals surface area contributed by atoms with Crippen LogP contribution in [0.4, 0.5) is 8.78 Å². The summed E-state index contributed by atoms with van der Waals surface area (Å²) in [6.45, 7) is 4.81. The van der Waals surface area contributed by atoms with Crippen molar-refractivity contribution in [2.75, 3.05) is 13.1 Å². The van der Waals surface area contributed by atoms with Gasteiger partial charge in [0.2, 0.25) is 12.3 Å². The van der Waals surface area contributed by atoms with Crippen LogP contribution in [0.15, 0.2) is 36.8 Å². The van der Waals surface area contributed by atoms with Gasteiger partial charge in [0.1, 0.15) is 6.33 Å². The lowest BCUT2D eigenvalue weighted by molar-refractivity contribution is -0.134. The highest BCUT2D eigenvalue weighted by atomic mass is 19.3. The highest BCUT2D eigenvalue weighted by Gasteiger charge is 2.26. The summed E-state index contributed by atoms with van der Waals surface area (Å²) < 4.78 is 29.0. The van der Waals surface area contributed by atoms with Crippen molar-refractivity contribution in [2.45, 2.75) is 58.0 Å². The highest BCUT2D eigenvalue weighted by Crippen LogP contribution is 2.36. The van der Waals surface area contributed by atoms with E-state index in [1.54, 1.807) is 16.3 Å². The number of hydrogen-bond acceptors (Lipinski definition) is 4. The molecule has 0 saturated carbocycles. The number of nitrogens with zero attached hydrogens (tertiary/aromatic N) is 4. The molecule has 5 rings (SSSR count). The van der Waals surface area contributed by atoms with Gasteiger partial charge < -0.3 is 15.0 Å². The molecule has 1 saturated heterocycles. The third-order valence-corrected chi connectivity index (χ3v) is 6.93. The number of alkyl halides is 2. The van der Waals surface area contributed by atoms with E-state index in [1.165, 1.54) is 6.33 Å². The number of likely N-dealkylation sites (tertiary alicyclic amines) is 1. The molecule has 35 heavy (non-hydrogen) atoms. The third-order valence-electron chi connectivity index (χ3n) is 6.93. The van der Waals surface area contributed by atoms with Crippen molar-refractivity contribution >= 4 is 22.5 Å². The zero-order valence-corrected chi connectivity index (χ0v) is 19.8. The maximum Gasteiger partial charge on any atom is 0.242 e. The van der Waals surface area contributed by atoms with Gasteiger partial charge in [0.15, 0.2) is 5.65 Å². The Bertz CT molecular complexity index is 1370. The Morgan fingerprint density at radius 1 is 1.26 bits per heavy atom. The van der Waals surface area contributed by atoms with Crippen LogP contribution in [0.2, 0.25) is 0 Å². The predicted molar refractivity (Wildman–Crippen MR) is 130 cm³/mol. The molecule has 1 atom stereocenters. The maximum atomic E-state index is 13.7. The van der Waals surface area contributed by atoms with Crippen LogP contribution in [0.3, 0.4) is 0 Å². The number of piperidine rings is 1. The minimum Gasteiger partial charge on any atom is -0.393 e. The lowest BCUT2D eigenvalue weighted by atomic mass is 9.88. The van der Waals surface area contributed by atoms with E-state index in [1.807, 2.05) is 31.3 Å². The van der Waals surface area contributed by atoms with Crippen molar-refractivity contribution in [1.29, 1.82) is 0 Å². The van der Waals surface area contributed by atoms with Crippen molar-refractivity contribution in [1.82, 2.24) is 24.5 Å². The van der Waals surface area contributed by atoms with E-state index < -0.39 is 12.5 Å². The smallest absolute Gasteiger partial charge is 0.242 e. The zero-order valence-electron chi connectivity index (χ0n) is 19.8. The van der Waals surface area contributed by atoms with E-state index in [2.05, 4.69) is 21.1 Å². The number of rotatable bonds is 6. The van der Waals surface area contributed by atoms with E-state index in [-0.39, 0.29) is 24.7 Å². The van der Waals surface area contributed by atoms with Crippen molar-refractivity contribution < 1.29 is 18.7 Å². The number of halogens is 2. The Morgan fingerprint density at radius 3 is 2.74 bits per heavy atom. The minimum atomic E-state index is -2.48. The number of aryl methyl sites for hydroxylation is 1. The number of H-pyrrole nitrogens is 1. The number of carbonyl (C=O) groups excluding carboxylic acids is 1. The molecule has 7 nitrogen and oxygen atoms in total. The van der Waals surface area contributed by atoms with Crippen LogP contribution in [-0.2, 0) is 11.2 Å². The lowest BCUT2D eigenvalue weighted by Crippen LogP contribution is -2.39.